The van der Waals surface area contributed by atoms with Crippen molar-refractivity contribution < 1.29 is 14.7 Å². The summed E-state index contributed by atoms with van der Waals surface area (Å²) in [5.41, 5.74) is 0.516. The number of aliphatic carboxylic acids is 1. The smallest absolute Gasteiger partial charge is 0.372 e. The van der Waals surface area contributed by atoms with Gasteiger partial charge in [0, 0.05) is 6.20 Å². The fourth-order valence-corrected chi connectivity index (χ4v) is 1.26. The first kappa shape index (κ1) is 10.4. The number of hydrogen-bond donors (Lipinski definition) is 1. The molecule has 1 unspecified atom stereocenters. The van der Waals surface area contributed by atoms with Crippen molar-refractivity contribution in [3.05, 3.63) is 30.1 Å². The third-order valence-electron chi connectivity index (χ3n) is 1.98. The van der Waals surface area contributed by atoms with E-state index in [0.29, 0.717) is 12.1 Å². The number of carboxylic acid groups (broad SMARTS) is 1. The maximum atomic E-state index is 11.2. The van der Waals surface area contributed by atoms with Gasteiger partial charge < -0.3 is 5.11 Å². The highest BCUT2D eigenvalue weighted by Crippen LogP contribution is 2.17. The minimum Gasteiger partial charge on any atom is -0.475 e. The Balaban J connectivity index is 2.93. The molecule has 0 saturated heterocycles. The van der Waals surface area contributed by atoms with Gasteiger partial charge >= 0.3 is 5.97 Å². The van der Waals surface area contributed by atoms with Crippen molar-refractivity contribution in [1.82, 2.24) is 4.98 Å². The predicted molar refractivity (Wildman–Crippen MR) is 49.9 cm³/mol. The molecule has 1 aromatic rings. The van der Waals surface area contributed by atoms with Gasteiger partial charge in [0.05, 0.1) is 11.6 Å². The van der Waals surface area contributed by atoms with Gasteiger partial charge in [-0.05, 0) is 18.6 Å². The molecule has 14 heavy (non-hydrogen) atoms. The van der Waals surface area contributed by atoms with Crippen LogP contribution in [0.4, 0.5) is 0 Å². The van der Waals surface area contributed by atoms with Crippen molar-refractivity contribution in [2.24, 2.45) is 0 Å². The van der Waals surface area contributed by atoms with Crippen molar-refractivity contribution in [3.63, 3.8) is 0 Å². The lowest BCUT2D eigenvalue weighted by Crippen LogP contribution is -2.21. The molecule has 0 spiro atoms. The molecule has 4 heteroatoms. The van der Waals surface area contributed by atoms with Gasteiger partial charge in [-0.15, -0.1) is 0 Å². The van der Waals surface area contributed by atoms with Crippen molar-refractivity contribution in [2.75, 3.05) is 0 Å². The number of carbonyl (C=O) groups is 2. The van der Waals surface area contributed by atoms with E-state index in [0.717, 1.165) is 0 Å². The highest BCUT2D eigenvalue weighted by molar-refractivity contribution is 6.34. The molecule has 0 saturated carbocycles. The summed E-state index contributed by atoms with van der Waals surface area (Å²) in [6.45, 7) is 1.76. The van der Waals surface area contributed by atoms with Gasteiger partial charge in [0.15, 0.2) is 0 Å². The molecule has 1 atom stereocenters. The number of ketones is 1. The molecule has 0 amide bonds. The average molecular weight is 193 g/mol. The van der Waals surface area contributed by atoms with Crippen LogP contribution in [0.5, 0.6) is 0 Å². The molecule has 0 fully saturated rings. The van der Waals surface area contributed by atoms with Crippen molar-refractivity contribution in [1.29, 1.82) is 0 Å². The van der Waals surface area contributed by atoms with E-state index >= 15 is 0 Å². The van der Waals surface area contributed by atoms with E-state index < -0.39 is 17.7 Å². The predicted octanol–water partition coefficient (Wildman–Crippen LogP) is 1.23. The molecule has 0 bridgehead atoms. The number of pyridine rings is 1. The minimum atomic E-state index is -1.40. The molecule has 0 aliphatic carbocycles. The monoisotopic (exact) mass is 193 g/mol. The van der Waals surface area contributed by atoms with Crippen LogP contribution in [0.25, 0.3) is 0 Å². The SMILES string of the molecule is CCC(C(=O)C(=O)O)c1ccccn1. The summed E-state index contributed by atoms with van der Waals surface area (Å²) in [6, 6.07) is 5.12. The zero-order valence-electron chi connectivity index (χ0n) is 7.80. The number of hydrogen-bond acceptors (Lipinski definition) is 3. The summed E-state index contributed by atoms with van der Waals surface area (Å²) in [4.78, 5) is 25.7. The highest BCUT2D eigenvalue weighted by atomic mass is 16.4. The first-order valence-corrected chi connectivity index (χ1v) is 4.35. The lowest BCUT2D eigenvalue weighted by Gasteiger charge is -2.09. The Morgan fingerprint density at radius 1 is 1.50 bits per heavy atom. The van der Waals surface area contributed by atoms with E-state index in [1.54, 1.807) is 31.3 Å². The Labute approximate surface area is 81.6 Å². The third-order valence-corrected chi connectivity index (χ3v) is 1.98. The normalized spacial score (nSPS) is 12.1. The van der Waals surface area contributed by atoms with Gasteiger partial charge in [-0.25, -0.2) is 4.79 Å². The van der Waals surface area contributed by atoms with Crippen LogP contribution in [-0.4, -0.2) is 21.8 Å². The minimum absolute atomic E-state index is 0.447. The molecule has 1 aromatic heterocycles. The van der Waals surface area contributed by atoms with Crippen LogP contribution < -0.4 is 0 Å². The second-order valence-corrected chi connectivity index (χ2v) is 2.88. The molecular weight excluding hydrogens is 182 g/mol. The van der Waals surface area contributed by atoms with Gasteiger partial charge in [0.2, 0.25) is 5.78 Å². The fraction of sp³-hybridized carbons (Fsp3) is 0.300. The second-order valence-electron chi connectivity index (χ2n) is 2.88. The van der Waals surface area contributed by atoms with Crippen LogP contribution in [0.2, 0.25) is 0 Å². The van der Waals surface area contributed by atoms with Crippen LogP contribution in [0.15, 0.2) is 24.4 Å². The Bertz CT molecular complexity index is 334. The molecule has 1 rings (SSSR count). The number of rotatable bonds is 4. The van der Waals surface area contributed by atoms with Crippen LogP contribution >= 0.6 is 0 Å². The lowest BCUT2D eigenvalue weighted by molar-refractivity contribution is -0.149. The largest absolute Gasteiger partial charge is 0.475 e. The molecule has 0 aromatic carbocycles. The Hall–Kier alpha value is -1.71. The lowest BCUT2D eigenvalue weighted by atomic mass is 9.97. The topological polar surface area (TPSA) is 67.3 Å². The van der Waals surface area contributed by atoms with E-state index in [4.69, 9.17) is 5.11 Å². The van der Waals surface area contributed by atoms with Gasteiger partial charge in [0.25, 0.3) is 0 Å². The summed E-state index contributed by atoms with van der Waals surface area (Å²) < 4.78 is 0. The highest BCUT2D eigenvalue weighted by Gasteiger charge is 2.25. The zero-order valence-corrected chi connectivity index (χ0v) is 7.80. The molecule has 1 N–H and O–H groups in total. The van der Waals surface area contributed by atoms with E-state index in [1.807, 2.05) is 0 Å². The Morgan fingerprint density at radius 2 is 2.21 bits per heavy atom. The second kappa shape index (κ2) is 4.50. The number of nitrogens with zero attached hydrogens (tertiary/aromatic N) is 1. The number of carbonyl (C=O) groups excluding carboxylic acids is 1. The maximum absolute atomic E-state index is 11.2. The van der Waals surface area contributed by atoms with Crippen LogP contribution in [0, 0.1) is 0 Å². The summed E-state index contributed by atoms with van der Waals surface area (Å²) in [5.74, 6) is -2.83. The van der Waals surface area contributed by atoms with Gasteiger partial charge in [-0.3, -0.25) is 9.78 Å². The number of carboxylic acids is 1. The summed E-state index contributed by atoms with van der Waals surface area (Å²) in [5, 5.41) is 8.57. The standard InChI is InChI=1S/C10H11NO3/c1-2-7(9(12)10(13)14)8-5-3-4-6-11-8/h3-7H,2H2,1H3,(H,13,14). The molecule has 0 radical (unpaired) electrons. The van der Waals surface area contributed by atoms with Crippen LogP contribution in [-0.2, 0) is 9.59 Å². The zero-order chi connectivity index (χ0) is 10.6. The maximum Gasteiger partial charge on any atom is 0.372 e. The third kappa shape index (κ3) is 2.16. The molecule has 1 heterocycles. The summed E-state index contributed by atoms with van der Waals surface area (Å²) in [6.07, 6.45) is 2.00. The fourth-order valence-electron chi connectivity index (χ4n) is 1.26. The first-order valence-electron chi connectivity index (χ1n) is 4.35. The van der Waals surface area contributed by atoms with Crippen molar-refractivity contribution in [2.45, 2.75) is 19.3 Å². The van der Waals surface area contributed by atoms with E-state index in [9.17, 15) is 9.59 Å². The van der Waals surface area contributed by atoms with E-state index in [2.05, 4.69) is 4.98 Å². The quantitative estimate of drug-likeness (QED) is 0.730. The van der Waals surface area contributed by atoms with Gasteiger partial charge in [-0.2, -0.15) is 0 Å². The molecular formula is C10H11NO3. The Morgan fingerprint density at radius 3 is 2.64 bits per heavy atom. The van der Waals surface area contributed by atoms with E-state index in [1.165, 1.54) is 0 Å². The van der Waals surface area contributed by atoms with Crippen LogP contribution in [0.3, 0.4) is 0 Å². The molecule has 74 valence electrons. The summed E-state index contributed by atoms with van der Waals surface area (Å²) in [7, 11) is 0. The molecule has 0 aliphatic rings. The van der Waals surface area contributed by atoms with E-state index in [-0.39, 0.29) is 0 Å². The Kier molecular flexibility index (Phi) is 3.34. The van der Waals surface area contributed by atoms with Gasteiger partial charge in [0.1, 0.15) is 0 Å². The van der Waals surface area contributed by atoms with Gasteiger partial charge in [-0.1, -0.05) is 13.0 Å². The average Bonchev–Trinajstić information content (AvgIpc) is 2.20. The molecule has 0 aliphatic heterocycles. The first-order chi connectivity index (χ1) is 6.66. The van der Waals surface area contributed by atoms with Crippen LogP contribution in [0.1, 0.15) is 25.0 Å². The number of aromatic nitrogens is 1. The number of Topliss-reactive ketones (excluding diaryl/α,β-unsaturated/α-hetero) is 1. The molecule has 4 nitrogen and oxygen atoms in total. The summed E-state index contributed by atoms with van der Waals surface area (Å²) >= 11 is 0. The van der Waals surface area contributed by atoms with Crippen molar-refractivity contribution in [3.8, 4) is 0 Å². The van der Waals surface area contributed by atoms with Crippen molar-refractivity contribution >= 4 is 11.8 Å².